The van der Waals surface area contributed by atoms with Crippen molar-refractivity contribution >= 4 is 5.91 Å². The molecule has 1 saturated carbocycles. The molecule has 1 aliphatic carbocycles. The van der Waals surface area contributed by atoms with E-state index in [4.69, 9.17) is 5.26 Å². The van der Waals surface area contributed by atoms with E-state index in [1.165, 1.54) is 0 Å². The maximum Gasteiger partial charge on any atom is 0.224 e. The molecule has 1 amide bonds. The minimum atomic E-state index is 0.146. The Balaban J connectivity index is 1.76. The molecule has 0 aromatic rings. The minimum Gasteiger partial charge on any atom is -0.353 e. The number of nitriles is 1. The maximum absolute atomic E-state index is 11.9. The molecular weight excluding hydrogens is 202 g/mol. The molecule has 4 nitrogen and oxygen atoms in total. The van der Waals surface area contributed by atoms with Crippen LogP contribution in [0.15, 0.2) is 0 Å². The van der Waals surface area contributed by atoms with Gasteiger partial charge in [0.05, 0.1) is 12.0 Å². The molecule has 0 aromatic heterocycles. The fraction of sp³-hybridized carbons (Fsp3) is 0.833. The number of piperidine rings is 1. The SMILES string of the molecule is N#CCCN1CCCC(C(=O)NC2CC2)C1. The van der Waals surface area contributed by atoms with Crippen molar-refractivity contribution in [2.45, 2.75) is 38.1 Å². The zero-order valence-electron chi connectivity index (χ0n) is 9.61. The van der Waals surface area contributed by atoms with Crippen molar-refractivity contribution in [1.82, 2.24) is 10.2 Å². The van der Waals surface area contributed by atoms with Gasteiger partial charge in [-0.1, -0.05) is 0 Å². The summed E-state index contributed by atoms with van der Waals surface area (Å²) in [4.78, 5) is 14.1. The summed E-state index contributed by atoms with van der Waals surface area (Å²) in [6.45, 7) is 2.68. The lowest BCUT2D eigenvalue weighted by atomic mass is 9.97. The van der Waals surface area contributed by atoms with Gasteiger partial charge in [-0.05, 0) is 32.2 Å². The highest BCUT2D eigenvalue weighted by Gasteiger charge is 2.30. The van der Waals surface area contributed by atoms with E-state index in [0.717, 1.165) is 45.3 Å². The van der Waals surface area contributed by atoms with Crippen molar-refractivity contribution in [3.05, 3.63) is 0 Å². The van der Waals surface area contributed by atoms with E-state index in [0.29, 0.717) is 12.5 Å². The molecule has 1 aliphatic heterocycles. The van der Waals surface area contributed by atoms with Crippen LogP contribution in [0.1, 0.15) is 32.1 Å². The summed E-state index contributed by atoms with van der Waals surface area (Å²) in [6.07, 6.45) is 4.94. The van der Waals surface area contributed by atoms with E-state index in [1.54, 1.807) is 0 Å². The van der Waals surface area contributed by atoms with Crippen LogP contribution in [0.2, 0.25) is 0 Å². The Labute approximate surface area is 96.6 Å². The van der Waals surface area contributed by atoms with Gasteiger partial charge < -0.3 is 10.2 Å². The number of likely N-dealkylation sites (tertiary alicyclic amines) is 1. The first-order valence-corrected chi connectivity index (χ1v) is 6.19. The van der Waals surface area contributed by atoms with Gasteiger partial charge in [0.25, 0.3) is 0 Å². The van der Waals surface area contributed by atoms with E-state index in [2.05, 4.69) is 16.3 Å². The van der Waals surface area contributed by atoms with Crippen LogP contribution in [0.25, 0.3) is 0 Å². The predicted molar refractivity (Wildman–Crippen MR) is 60.6 cm³/mol. The predicted octanol–water partition coefficient (Wildman–Crippen LogP) is 0.891. The second-order valence-corrected chi connectivity index (χ2v) is 4.83. The molecule has 1 saturated heterocycles. The highest BCUT2D eigenvalue weighted by molar-refractivity contribution is 5.79. The van der Waals surface area contributed by atoms with Crippen LogP contribution in [-0.4, -0.2) is 36.5 Å². The van der Waals surface area contributed by atoms with Crippen molar-refractivity contribution in [3.63, 3.8) is 0 Å². The van der Waals surface area contributed by atoms with Gasteiger partial charge in [0.1, 0.15) is 0 Å². The summed E-state index contributed by atoms with van der Waals surface area (Å²) < 4.78 is 0. The molecule has 1 unspecified atom stereocenters. The zero-order chi connectivity index (χ0) is 11.4. The number of amides is 1. The van der Waals surface area contributed by atoms with Crippen LogP contribution in [0.3, 0.4) is 0 Å². The first-order valence-electron chi connectivity index (χ1n) is 6.19. The average Bonchev–Trinajstić information content (AvgIpc) is 3.10. The van der Waals surface area contributed by atoms with Gasteiger partial charge in [0, 0.05) is 25.6 Å². The van der Waals surface area contributed by atoms with Gasteiger partial charge in [-0.2, -0.15) is 5.26 Å². The molecule has 1 N–H and O–H groups in total. The van der Waals surface area contributed by atoms with Gasteiger partial charge in [-0.25, -0.2) is 0 Å². The molecule has 0 aromatic carbocycles. The van der Waals surface area contributed by atoms with Gasteiger partial charge in [-0.15, -0.1) is 0 Å². The summed E-state index contributed by atoms with van der Waals surface area (Å²) in [5.41, 5.74) is 0. The van der Waals surface area contributed by atoms with E-state index >= 15 is 0 Å². The van der Waals surface area contributed by atoms with Crippen molar-refractivity contribution in [2.24, 2.45) is 5.92 Å². The highest BCUT2D eigenvalue weighted by Crippen LogP contribution is 2.22. The summed E-state index contributed by atoms with van der Waals surface area (Å²) >= 11 is 0. The normalized spacial score (nSPS) is 26.1. The molecular formula is C12H19N3O. The summed E-state index contributed by atoms with van der Waals surface area (Å²) in [7, 11) is 0. The third-order valence-electron chi connectivity index (χ3n) is 3.34. The van der Waals surface area contributed by atoms with Crippen molar-refractivity contribution in [1.29, 1.82) is 5.26 Å². The van der Waals surface area contributed by atoms with Gasteiger partial charge in [0.2, 0.25) is 5.91 Å². The third-order valence-corrected chi connectivity index (χ3v) is 3.34. The number of carbonyl (C=O) groups excluding carboxylic acids is 1. The van der Waals surface area contributed by atoms with E-state index in [9.17, 15) is 4.79 Å². The lowest BCUT2D eigenvalue weighted by Crippen LogP contribution is -2.43. The van der Waals surface area contributed by atoms with Crippen LogP contribution >= 0.6 is 0 Å². The van der Waals surface area contributed by atoms with Crippen molar-refractivity contribution in [3.8, 4) is 6.07 Å². The maximum atomic E-state index is 11.9. The third kappa shape index (κ3) is 3.21. The first kappa shape index (κ1) is 11.4. The molecule has 0 spiro atoms. The fourth-order valence-electron chi connectivity index (χ4n) is 2.23. The smallest absolute Gasteiger partial charge is 0.224 e. The summed E-state index contributed by atoms with van der Waals surface area (Å²) in [6, 6.07) is 2.62. The molecule has 4 heteroatoms. The van der Waals surface area contributed by atoms with Gasteiger partial charge in [-0.3, -0.25) is 4.79 Å². The Morgan fingerprint density at radius 1 is 1.44 bits per heavy atom. The van der Waals surface area contributed by atoms with Crippen LogP contribution in [0, 0.1) is 17.2 Å². The largest absolute Gasteiger partial charge is 0.353 e. The zero-order valence-corrected chi connectivity index (χ0v) is 9.61. The number of nitrogens with zero attached hydrogens (tertiary/aromatic N) is 2. The Kier molecular flexibility index (Phi) is 3.79. The quantitative estimate of drug-likeness (QED) is 0.767. The molecule has 1 heterocycles. The Morgan fingerprint density at radius 2 is 2.25 bits per heavy atom. The topological polar surface area (TPSA) is 56.1 Å². The monoisotopic (exact) mass is 221 g/mol. The fourth-order valence-corrected chi connectivity index (χ4v) is 2.23. The lowest BCUT2D eigenvalue weighted by Gasteiger charge is -2.31. The Morgan fingerprint density at radius 3 is 2.94 bits per heavy atom. The summed E-state index contributed by atoms with van der Waals surface area (Å²) in [5, 5.41) is 11.6. The molecule has 0 bridgehead atoms. The first-order chi connectivity index (χ1) is 7.79. The van der Waals surface area contributed by atoms with Gasteiger partial charge >= 0.3 is 0 Å². The molecule has 2 rings (SSSR count). The van der Waals surface area contributed by atoms with Crippen LogP contribution in [0.5, 0.6) is 0 Å². The standard InChI is InChI=1S/C12H19N3O/c13-6-2-8-15-7-1-3-10(9-15)12(16)14-11-4-5-11/h10-11H,1-5,7-9H2,(H,14,16). The molecule has 1 atom stereocenters. The van der Waals surface area contributed by atoms with Gasteiger partial charge in [0.15, 0.2) is 0 Å². The molecule has 16 heavy (non-hydrogen) atoms. The van der Waals surface area contributed by atoms with Crippen molar-refractivity contribution in [2.75, 3.05) is 19.6 Å². The molecule has 88 valence electrons. The second-order valence-electron chi connectivity index (χ2n) is 4.83. The van der Waals surface area contributed by atoms with Crippen LogP contribution < -0.4 is 5.32 Å². The van der Waals surface area contributed by atoms with E-state index < -0.39 is 0 Å². The summed E-state index contributed by atoms with van der Waals surface area (Å²) in [5.74, 6) is 0.372. The Bertz CT molecular complexity index is 293. The number of hydrogen-bond donors (Lipinski definition) is 1. The Hall–Kier alpha value is -1.08. The number of rotatable bonds is 4. The molecule has 2 fully saturated rings. The minimum absolute atomic E-state index is 0.146. The lowest BCUT2D eigenvalue weighted by molar-refractivity contribution is -0.126. The van der Waals surface area contributed by atoms with Crippen molar-refractivity contribution < 1.29 is 4.79 Å². The number of carbonyl (C=O) groups is 1. The second kappa shape index (κ2) is 5.31. The van der Waals surface area contributed by atoms with Crippen LogP contribution in [0.4, 0.5) is 0 Å². The molecule has 2 aliphatic rings. The molecule has 0 radical (unpaired) electrons. The average molecular weight is 221 g/mol. The van der Waals surface area contributed by atoms with E-state index in [1.807, 2.05) is 0 Å². The van der Waals surface area contributed by atoms with Crippen LogP contribution in [-0.2, 0) is 4.79 Å². The highest BCUT2D eigenvalue weighted by atomic mass is 16.2. The van der Waals surface area contributed by atoms with E-state index in [-0.39, 0.29) is 11.8 Å². The number of hydrogen-bond acceptors (Lipinski definition) is 3. The number of nitrogens with one attached hydrogen (secondary N) is 1.